The number of nitrogens with two attached hydrogens (primary N) is 1. The summed E-state index contributed by atoms with van der Waals surface area (Å²) < 4.78 is 0.810. The SMILES string of the molecule is N/C=C(/Br)c1nc2ccccc2c2ccccc12. The van der Waals surface area contributed by atoms with E-state index in [0.29, 0.717) is 0 Å². The zero-order chi connectivity index (χ0) is 12.5. The Bertz CT molecular complexity index is 763. The molecule has 1 heterocycles. The van der Waals surface area contributed by atoms with Crippen LogP contribution in [-0.4, -0.2) is 4.98 Å². The molecule has 0 bridgehead atoms. The molecule has 0 aliphatic heterocycles. The maximum Gasteiger partial charge on any atom is 0.0872 e. The monoisotopic (exact) mass is 298 g/mol. The smallest absolute Gasteiger partial charge is 0.0872 e. The van der Waals surface area contributed by atoms with E-state index < -0.39 is 0 Å². The lowest BCUT2D eigenvalue weighted by atomic mass is 10.0. The van der Waals surface area contributed by atoms with Crippen molar-refractivity contribution in [2.45, 2.75) is 0 Å². The number of para-hydroxylation sites is 1. The van der Waals surface area contributed by atoms with Crippen LogP contribution >= 0.6 is 15.9 Å². The average molecular weight is 299 g/mol. The minimum atomic E-state index is 0.810. The first-order valence-electron chi connectivity index (χ1n) is 5.66. The molecule has 0 aliphatic carbocycles. The van der Waals surface area contributed by atoms with Crippen molar-refractivity contribution >= 4 is 42.1 Å². The second kappa shape index (κ2) is 4.42. The molecule has 0 saturated carbocycles. The molecule has 3 aromatic rings. The van der Waals surface area contributed by atoms with E-state index >= 15 is 0 Å². The molecule has 1 aromatic heterocycles. The number of halogens is 1. The van der Waals surface area contributed by atoms with Crippen molar-refractivity contribution in [3.63, 3.8) is 0 Å². The number of nitrogens with zero attached hydrogens (tertiary/aromatic N) is 1. The van der Waals surface area contributed by atoms with E-state index in [0.717, 1.165) is 26.5 Å². The second-order valence-electron chi connectivity index (χ2n) is 4.04. The van der Waals surface area contributed by atoms with E-state index in [-0.39, 0.29) is 0 Å². The van der Waals surface area contributed by atoms with E-state index in [4.69, 9.17) is 5.73 Å². The zero-order valence-corrected chi connectivity index (χ0v) is 11.2. The van der Waals surface area contributed by atoms with Gasteiger partial charge in [-0.1, -0.05) is 42.5 Å². The highest BCUT2D eigenvalue weighted by molar-refractivity contribution is 9.15. The summed E-state index contributed by atoms with van der Waals surface area (Å²) in [5.41, 5.74) is 7.45. The standard InChI is InChI=1S/C15H11BrN2/c16-13(9-17)15-12-7-2-1-5-10(12)11-6-3-4-8-14(11)18-15/h1-9H,17H2/b13-9+. The van der Waals surface area contributed by atoms with Gasteiger partial charge in [-0.15, -0.1) is 0 Å². The van der Waals surface area contributed by atoms with Gasteiger partial charge in [0.05, 0.1) is 15.7 Å². The summed E-state index contributed by atoms with van der Waals surface area (Å²) >= 11 is 3.47. The fourth-order valence-electron chi connectivity index (χ4n) is 2.17. The van der Waals surface area contributed by atoms with Crippen LogP contribution in [0.3, 0.4) is 0 Å². The first-order chi connectivity index (χ1) is 8.81. The van der Waals surface area contributed by atoms with Gasteiger partial charge in [-0.2, -0.15) is 0 Å². The Morgan fingerprint density at radius 2 is 1.56 bits per heavy atom. The summed E-state index contributed by atoms with van der Waals surface area (Å²) in [7, 11) is 0. The predicted octanol–water partition coefficient (Wildman–Crippen LogP) is 4.04. The molecule has 0 atom stereocenters. The Balaban J connectivity index is 2.55. The molecule has 2 nitrogen and oxygen atoms in total. The van der Waals surface area contributed by atoms with E-state index in [1.807, 2.05) is 30.3 Å². The molecule has 18 heavy (non-hydrogen) atoms. The van der Waals surface area contributed by atoms with Crippen LogP contribution < -0.4 is 5.73 Å². The van der Waals surface area contributed by atoms with E-state index in [1.165, 1.54) is 11.6 Å². The fraction of sp³-hybridized carbons (Fsp3) is 0. The first kappa shape index (κ1) is 11.2. The number of rotatable bonds is 1. The van der Waals surface area contributed by atoms with Crippen LogP contribution in [0.2, 0.25) is 0 Å². The molecular formula is C15H11BrN2. The molecule has 0 aliphatic rings. The second-order valence-corrected chi connectivity index (χ2v) is 4.89. The topological polar surface area (TPSA) is 38.9 Å². The summed E-state index contributed by atoms with van der Waals surface area (Å²) in [6.07, 6.45) is 1.53. The fourth-order valence-corrected chi connectivity index (χ4v) is 2.47. The minimum Gasteiger partial charge on any atom is -0.404 e. The maximum atomic E-state index is 5.59. The van der Waals surface area contributed by atoms with Gasteiger partial charge >= 0.3 is 0 Å². The van der Waals surface area contributed by atoms with Crippen molar-refractivity contribution in [3.05, 3.63) is 60.4 Å². The van der Waals surface area contributed by atoms with Gasteiger partial charge in [0.15, 0.2) is 0 Å². The Kier molecular flexibility index (Phi) is 2.76. The highest BCUT2D eigenvalue weighted by atomic mass is 79.9. The Morgan fingerprint density at radius 1 is 0.944 bits per heavy atom. The van der Waals surface area contributed by atoms with Gasteiger partial charge in [-0.05, 0) is 27.4 Å². The number of hydrogen-bond acceptors (Lipinski definition) is 2. The van der Waals surface area contributed by atoms with Crippen molar-refractivity contribution in [3.8, 4) is 0 Å². The Morgan fingerprint density at radius 3 is 2.28 bits per heavy atom. The molecule has 3 rings (SSSR count). The molecule has 0 amide bonds. The summed E-state index contributed by atoms with van der Waals surface area (Å²) in [5, 5.41) is 3.45. The van der Waals surface area contributed by atoms with Crippen LogP contribution in [0, 0.1) is 0 Å². The van der Waals surface area contributed by atoms with E-state index in [2.05, 4.69) is 39.1 Å². The van der Waals surface area contributed by atoms with Crippen molar-refractivity contribution < 1.29 is 0 Å². The van der Waals surface area contributed by atoms with Gasteiger partial charge in [-0.3, -0.25) is 0 Å². The van der Waals surface area contributed by atoms with Gasteiger partial charge in [-0.25, -0.2) is 4.98 Å². The molecule has 88 valence electrons. The van der Waals surface area contributed by atoms with Crippen molar-refractivity contribution in [2.75, 3.05) is 0 Å². The van der Waals surface area contributed by atoms with Crippen LogP contribution in [0.15, 0.2) is 54.7 Å². The molecule has 2 aromatic carbocycles. The molecule has 0 unspecified atom stereocenters. The summed E-state index contributed by atoms with van der Waals surface area (Å²) in [5.74, 6) is 0. The number of fused-ring (bicyclic) bond motifs is 3. The minimum absolute atomic E-state index is 0.810. The van der Waals surface area contributed by atoms with Crippen LogP contribution in [0.25, 0.3) is 26.2 Å². The average Bonchev–Trinajstić information content (AvgIpc) is 2.45. The lowest BCUT2D eigenvalue weighted by Gasteiger charge is -2.08. The number of hydrogen-bond donors (Lipinski definition) is 1. The molecule has 0 fully saturated rings. The highest BCUT2D eigenvalue weighted by Gasteiger charge is 2.09. The predicted molar refractivity (Wildman–Crippen MR) is 80.3 cm³/mol. The van der Waals surface area contributed by atoms with Gasteiger partial charge in [0.25, 0.3) is 0 Å². The summed E-state index contributed by atoms with van der Waals surface area (Å²) in [6.45, 7) is 0. The number of pyridine rings is 1. The van der Waals surface area contributed by atoms with Crippen molar-refractivity contribution in [2.24, 2.45) is 5.73 Å². The van der Waals surface area contributed by atoms with Gasteiger partial charge < -0.3 is 5.73 Å². The Labute approximate surface area is 113 Å². The van der Waals surface area contributed by atoms with Crippen LogP contribution in [-0.2, 0) is 0 Å². The normalized spacial score (nSPS) is 12.2. The third-order valence-corrected chi connectivity index (χ3v) is 3.62. The summed E-state index contributed by atoms with van der Waals surface area (Å²) in [6, 6.07) is 16.4. The van der Waals surface area contributed by atoms with Crippen LogP contribution in [0.1, 0.15) is 5.69 Å². The number of benzene rings is 2. The molecular weight excluding hydrogens is 288 g/mol. The highest BCUT2D eigenvalue weighted by Crippen LogP contribution is 2.31. The lowest BCUT2D eigenvalue weighted by molar-refractivity contribution is 1.39. The van der Waals surface area contributed by atoms with Crippen molar-refractivity contribution in [1.82, 2.24) is 4.98 Å². The quantitative estimate of drug-likeness (QED) is 0.689. The van der Waals surface area contributed by atoms with Crippen LogP contribution in [0.5, 0.6) is 0 Å². The van der Waals surface area contributed by atoms with Crippen molar-refractivity contribution in [1.29, 1.82) is 0 Å². The van der Waals surface area contributed by atoms with Gasteiger partial charge in [0, 0.05) is 17.0 Å². The number of aromatic nitrogens is 1. The largest absolute Gasteiger partial charge is 0.404 e. The Hall–Kier alpha value is -1.87. The van der Waals surface area contributed by atoms with Gasteiger partial charge in [0.2, 0.25) is 0 Å². The van der Waals surface area contributed by atoms with E-state index in [9.17, 15) is 0 Å². The third-order valence-electron chi connectivity index (χ3n) is 2.98. The molecule has 3 heteroatoms. The first-order valence-corrected chi connectivity index (χ1v) is 6.46. The third kappa shape index (κ3) is 1.68. The molecule has 2 N–H and O–H groups in total. The molecule has 0 saturated heterocycles. The molecule has 0 spiro atoms. The van der Waals surface area contributed by atoms with Crippen LogP contribution in [0.4, 0.5) is 0 Å². The maximum absolute atomic E-state index is 5.59. The van der Waals surface area contributed by atoms with E-state index in [1.54, 1.807) is 0 Å². The molecule has 0 radical (unpaired) electrons. The summed E-state index contributed by atoms with van der Waals surface area (Å²) in [4.78, 5) is 4.68. The zero-order valence-electron chi connectivity index (χ0n) is 9.60. The van der Waals surface area contributed by atoms with Gasteiger partial charge in [0.1, 0.15) is 0 Å². The lowest BCUT2D eigenvalue weighted by Crippen LogP contribution is -1.92.